The molecule has 10 heteroatoms. The minimum absolute atomic E-state index is 0.140. The zero-order valence-electron chi connectivity index (χ0n) is 14.9. The van der Waals surface area contributed by atoms with E-state index in [0.717, 1.165) is 6.07 Å². The van der Waals surface area contributed by atoms with E-state index in [1.54, 1.807) is 0 Å². The fourth-order valence-electron chi connectivity index (χ4n) is 2.76. The quantitative estimate of drug-likeness (QED) is 0.319. The normalized spacial score (nSPS) is 11.6. The third-order valence-corrected chi connectivity index (χ3v) is 4.88. The molecule has 0 aliphatic heterocycles. The largest absolute Gasteiger partial charge is 0.441 e. The minimum atomic E-state index is -4.30. The predicted octanol–water partition coefficient (Wildman–Crippen LogP) is 6.28. The molecule has 3 rings (SSSR count). The molecule has 3 aromatic rings. The van der Waals surface area contributed by atoms with Crippen LogP contribution in [0.1, 0.15) is 12.0 Å². The molecular weight excluding hydrogens is 413 g/mol. The molecule has 3 N–H and O–H groups in total. The van der Waals surface area contributed by atoms with Gasteiger partial charge in [0, 0.05) is 28.5 Å². The molecule has 0 fully saturated rings. The van der Waals surface area contributed by atoms with Crippen molar-refractivity contribution in [1.82, 2.24) is 4.98 Å². The van der Waals surface area contributed by atoms with E-state index in [1.807, 2.05) is 0 Å². The number of fused-ring (bicyclic) bond motifs is 1. The number of alkyl halides is 3. The summed E-state index contributed by atoms with van der Waals surface area (Å²) in [5, 5.41) is 5.50. The first-order chi connectivity index (χ1) is 13.7. The summed E-state index contributed by atoms with van der Waals surface area (Å²) in [4.78, 5) is 15.0. The van der Waals surface area contributed by atoms with E-state index in [9.17, 15) is 26.7 Å². The van der Waals surface area contributed by atoms with Crippen LogP contribution in [0.5, 0.6) is 0 Å². The Morgan fingerprint density at radius 1 is 1.07 bits per heavy atom. The van der Waals surface area contributed by atoms with E-state index in [2.05, 4.69) is 15.6 Å². The van der Waals surface area contributed by atoms with Gasteiger partial charge in [-0.25, -0.2) is 13.6 Å². The SMILES string of the molecule is O=C(Nc1ccc(CCCSC(F)(F)F)c(F)c1)Nc1c[nH]c2ccc(F)cc12. The Bertz CT molecular complexity index is 1020. The van der Waals surface area contributed by atoms with Crippen LogP contribution in [0.25, 0.3) is 10.9 Å². The van der Waals surface area contributed by atoms with Crippen LogP contribution < -0.4 is 10.6 Å². The molecule has 0 bridgehead atoms. The highest BCUT2D eigenvalue weighted by molar-refractivity contribution is 8.00. The van der Waals surface area contributed by atoms with E-state index in [4.69, 9.17) is 0 Å². The number of aromatic amines is 1. The van der Waals surface area contributed by atoms with Crippen molar-refractivity contribution in [3.8, 4) is 0 Å². The maximum Gasteiger partial charge on any atom is 0.441 e. The number of halogens is 5. The number of carbonyl (C=O) groups is 1. The molecule has 1 heterocycles. The number of aryl methyl sites for hydroxylation is 1. The monoisotopic (exact) mass is 429 g/mol. The summed E-state index contributed by atoms with van der Waals surface area (Å²) in [6, 6.07) is 7.43. The van der Waals surface area contributed by atoms with Crippen LogP contribution in [0.15, 0.2) is 42.6 Å². The number of urea groups is 1. The Kier molecular flexibility index (Phi) is 6.31. The van der Waals surface area contributed by atoms with Crippen molar-refractivity contribution >= 4 is 40.1 Å². The van der Waals surface area contributed by atoms with Gasteiger partial charge in [-0.15, -0.1) is 0 Å². The second-order valence-corrected chi connectivity index (χ2v) is 7.34. The van der Waals surface area contributed by atoms with E-state index in [1.165, 1.54) is 36.5 Å². The first-order valence-corrected chi connectivity index (χ1v) is 9.53. The Labute approximate surface area is 166 Å². The second-order valence-electron chi connectivity index (χ2n) is 6.18. The molecule has 0 aliphatic rings. The van der Waals surface area contributed by atoms with Gasteiger partial charge >= 0.3 is 11.5 Å². The van der Waals surface area contributed by atoms with Crippen molar-refractivity contribution in [3.05, 3.63) is 59.8 Å². The standard InChI is InChI=1S/C19H16F5N3OS/c20-12-4-6-16-14(8-12)17(10-25-16)27-18(28)26-13-5-3-11(15(21)9-13)2-1-7-29-19(22,23)24/h3-6,8-10,25H,1-2,7H2,(H2,26,27,28). The third kappa shape index (κ3) is 5.86. The van der Waals surface area contributed by atoms with Crippen molar-refractivity contribution < 1.29 is 26.7 Å². The number of thioether (sulfide) groups is 1. The first-order valence-electron chi connectivity index (χ1n) is 8.55. The summed E-state index contributed by atoms with van der Waals surface area (Å²) >= 11 is -0.140. The van der Waals surface area contributed by atoms with E-state index in [0.29, 0.717) is 16.6 Å². The summed E-state index contributed by atoms with van der Waals surface area (Å²) in [5.41, 5.74) is -2.85. The molecule has 2 aromatic carbocycles. The van der Waals surface area contributed by atoms with Gasteiger partial charge < -0.3 is 15.6 Å². The zero-order valence-corrected chi connectivity index (χ0v) is 15.7. The molecule has 0 radical (unpaired) electrons. The molecule has 2 amide bonds. The summed E-state index contributed by atoms with van der Waals surface area (Å²) in [5.74, 6) is -1.22. The lowest BCUT2D eigenvalue weighted by molar-refractivity contribution is -0.0328. The average molecular weight is 429 g/mol. The maximum atomic E-state index is 14.1. The number of hydrogen-bond donors (Lipinski definition) is 3. The highest BCUT2D eigenvalue weighted by atomic mass is 32.2. The van der Waals surface area contributed by atoms with Crippen molar-refractivity contribution in [1.29, 1.82) is 0 Å². The van der Waals surface area contributed by atoms with Gasteiger partial charge in [0.25, 0.3) is 0 Å². The first kappa shape index (κ1) is 21.0. The molecule has 0 atom stereocenters. The van der Waals surface area contributed by atoms with E-state index in [-0.39, 0.29) is 41.6 Å². The minimum Gasteiger partial charge on any atom is -0.359 e. The van der Waals surface area contributed by atoms with Crippen LogP contribution in [0.2, 0.25) is 0 Å². The number of amides is 2. The smallest absolute Gasteiger partial charge is 0.359 e. The van der Waals surface area contributed by atoms with Crippen LogP contribution in [0.3, 0.4) is 0 Å². The van der Waals surface area contributed by atoms with Crippen molar-refractivity contribution in [3.63, 3.8) is 0 Å². The Balaban J connectivity index is 1.57. The summed E-state index contributed by atoms with van der Waals surface area (Å²) in [6.07, 6.45) is 1.83. The molecule has 1 aromatic heterocycles. The summed E-state index contributed by atoms with van der Waals surface area (Å²) < 4.78 is 63.8. The van der Waals surface area contributed by atoms with Gasteiger partial charge in [-0.05, 0) is 48.7 Å². The van der Waals surface area contributed by atoms with Gasteiger partial charge in [-0.1, -0.05) is 17.8 Å². The molecule has 29 heavy (non-hydrogen) atoms. The van der Waals surface area contributed by atoms with Gasteiger partial charge in [-0.2, -0.15) is 13.2 Å². The average Bonchev–Trinajstić information content (AvgIpc) is 3.01. The van der Waals surface area contributed by atoms with Gasteiger partial charge in [0.15, 0.2) is 0 Å². The summed E-state index contributed by atoms with van der Waals surface area (Å²) in [6.45, 7) is 0. The fraction of sp³-hybridized carbons (Fsp3) is 0.211. The molecule has 0 spiro atoms. The lowest BCUT2D eigenvalue weighted by Crippen LogP contribution is -2.19. The molecule has 0 aliphatic carbocycles. The van der Waals surface area contributed by atoms with Crippen molar-refractivity contribution in [2.75, 3.05) is 16.4 Å². The topological polar surface area (TPSA) is 56.9 Å². The number of aromatic nitrogens is 1. The number of benzene rings is 2. The highest BCUT2D eigenvalue weighted by Crippen LogP contribution is 2.31. The van der Waals surface area contributed by atoms with Gasteiger partial charge in [-0.3, -0.25) is 0 Å². The van der Waals surface area contributed by atoms with Crippen molar-refractivity contribution in [2.45, 2.75) is 18.3 Å². The zero-order chi connectivity index (χ0) is 21.0. The Hall–Kier alpha value is -2.75. The number of H-pyrrole nitrogens is 1. The molecular formula is C19H16F5N3OS. The predicted molar refractivity (Wildman–Crippen MR) is 104 cm³/mol. The number of rotatable bonds is 6. The van der Waals surface area contributed by atoms with Gasteiger partial charge in [0.1, 0.15) is 11.6 Å². The lowest BCUT2D eigenvalue weighted by Gasteiger charge is -2.09. The van der Waals surface area contributed by atoms with Crippen molar-refractivity contribution in [2.24, 2.45) is 0 Å². The fourth-order valence-corrected chi connectivity index (χ4v) is 3.28. The molecule has 0 unspecified atom stereocenters. The van der Waals surface area contributed by atoms with E-state index < -0.39 is 23.2 Å². The van der Waals surface area contributed by atoms with E-state index >= 15 is 0 Å². The van der Waals surface area contributed by atoms with Gasteiger partial charge in [0.05, 0.1) is 5.69 Å². The number of hydrogen-bond acceptors (Lipinski definition) is 2. The molecule has 4 nitrogen and oxygen atoms in total. The van der Waals surface area contributed by atoms with Gasteiger partial charge in [0.2, 0.25) is 0 Å². The highest BCUT2D eigenvalue weighted by Gasteiger charge is 2.27. The number of anilines is 2. The van der Waals surface area contributed by atoms with Crippen LogP contribution >= 0.6 is 11.8 Å². The Morgan fingerprint density at radius 2 is 1.86 bits per heavy atom. The van der Waals surface area contributed by atoms with Crippen LogP contribution in [0, 0.1) is 11.6 Å². The summed E-state index contributed by atoms with van der Waals surface area (Å²) in [7, 11) is 0. The number of nitrogens with one attached hydrogen (secondary N) is 3. The second kappa shape index (κ2) is 8.73. The maximum absolute atomic E-state index is 14.1. The van der Waals surface area contributed by atoms with Crippen LogP contribution in [-0.2, 0) is 6.42 Å². The molecule has 0 saturated heterocycles. The molecule has 0 saturated carbocycles. The number of carbonyl (C=O) groups excluding carboxylic acids is 1. The lowest BCUT2D eigenvalue weighted by atomic mass is 10.1. The van der Waals surface area contributed by atoms with Crippen LogP contribution in [0.4, 0.5) is 38.1 Å². The Morgan fingerprint density at radius 3 is 2.59 bits per heavy atom. The molecule has 154 valence electrons. The third-order valence-electron chi connectivity index (χ3n) is 4.06. The van der Waals surface area contributed by atoms with Crippen LogP contribution in [-0.4, -0.2) is 22.3 Å².